The highest BCUT2D eigenvalue weighted by atomic mass is 16.3. The van der Waals surface area contributed by atoms with Crippen LogP contribution in [-0.4, -0.2) is 10.1 Å². The van der Waals surface area contributed by atoms with Crippen LogP contribution >= 0.6 is 0 Å². The predicted molar refractivity (Wildman–Crippen MR) is 73.4 cm³/mol. The van der Waals surface area contributed by atoms with Gasteiger partial charge in [0.2, 0.25) is 0 Å². The molecule has 1 aromatic heterocycles. The Morgan fingerprint density at radius 3 is 2.56 bits per heavy atom. The molecule has 0 amide bonds. The van der Waals surface area contributed by atoms with Crippen molar-refractivity contribution in [2.75, 3.05) is 0 Å². The van der Waals surface area contributed by atoms with Crippen LogP contribution in [0.15, 0.2) is 42.7 Å². The van der Waals surface area contributed by atoms with E-state index in [1.54, 1.807) is 12.4 Å². The lowest BCUT2D eigenvalue weighted by Crippen LogP contribution is -2.03. The van der Waals surface area contributed by atoms with Gasteiger partial charge in [0.1, 0.15) is 0 Å². The minimum atomic E-state index is -0.391. The summed E-state index contributed by atoms with van der Waals surface area (Å²) in [5, 5.41) is 10.3. The highest BCUT2D eigenvalue weighted by Gasteiger charge is 2.11. The lowest BCUT2D eigenvalue weighted by atomic mass is 9.95. The molecule has 1 unspecified atom stereocenters. The van der Waals surface area contributed by atoms with Crippen LogP contribution in [0.4, 0.5) is 0 Å². The molecule has 1 heterocycles. The van der Waals surface area contributed by atoms with Gasteiger partial charge in [-0.15, -0.1) is 0 Å². The molecule has 18 heavy (non-hydrogen) atoms. The van der Waals surface area contributed by atoms with Crippen LogP contribution in [0.3, 0.4) is 0 Å². The van der Waals surface area contributed by atoms with Gasteiger partial charge in [0.15, 0.2) is 0 Å². The van der Waals surface area contributed by atoms with E-state index in [2.05, 4.69) is 24.9 Å². The van der Waals surface area contributed by atoms with Crippen LogP contribution in [0.1, 0.15) is 34.8 Å². The lowest BCUT2D eigenvalue weighted by molar-refractivity contribution is 0.167. The number of aliphatic hydroxyl groups is 1. The monoisotopic (exact) mass is 241 g/mol. The third-order valence-electron chi connectivity index (χ3n) is 3.46. The molecular formula is C16H19NO. The van der Waals surface area contributed by atoms with Crippen LogP contribution in [-0.2, 0) is 6.42 Å². The summed E-state index contributed by atoms with van der Waals surface area (Å²) in [6, 6.07) is 10.1. The fraction of sp³-hybridized carbons (Fsp3) is 0.312. The van der Waals surface area contributed by atoms with E-state index in [0.29, 0.717) is 0 Å². The molecule has 1 aromatic carbocycles. The number of hydrogen-bond donors (Lipinski definition) is 1. The minimum absolute atomic E-state index is 0.391. The van der Waals surface area contributed by atoms with Crippen LogP contribution in [0.2, 0.25) is 0 Å². The van der Waals surface area contributed by atoms with E-state index in [0.717, 1.165) is 18.4 Å². The number of hydrogen-bond acceptors (Lipinski definition) is 2. The summed E-state index contributed by atoms with van der Waals surface area (Å²) in [5.74, 6) is 0. The standard InChI is InChI=1S/C16H19NO/c1-12-4-3-5-15(13(12)2)16(18)7-6-14-8-10-17-11-9-14/h3-5,8-11,16,18H,6-7H2,1-2H3. The molecule has 2 heteroatoms. The SMILES string of the molecule is Cc1cccc(C(O)CCc2ccncc2)c1C. The molecule has 2 aromatic rings. The van der Waals surface area contributed by atoms with Crippen LogP contribution in [0.25, 0.3) is 0 Å². The van der Waals surface area contributed by atoms with E-state index in [-0.39, 0.29) is 0 Å². The van der Waals surface area contributed by atoms with Crippen molar-refractivity contribution in [2.24, 2.45) is 0 Å². The Bertz CT molecular complexity index is 508. The Labute approximate surface area is 108 Å². The van der Waals surface area contributed by atoms with Crippen molar-refractivity contribution in [3.05, 3.63) is 65.0 Å². The van der Waals surface area contributed by atoms with Crippen molar-refractivity contribution < 1.29 is 5.11 Å². The number of aromatic nitrogens is 1. The number of rotatable bonds is 4. The maximum Gasteiger partial charge on any atom is 0.0795 e. The van der Waals surface area contributed by atoms with Gasteiger partial charge >= 0.3 is 0 Å². The highest BCUT2D eigenvalue weighted by molar-refractivity contribution is 5.34. The normalized spacial score (nSPS) is 12.4. The molecule has 0 aliphatic carbocycles. The van der Waals surface area contributed by atoms with Crippen molar-refractivity contribution in [1.29, 1.82) is 0 Å². The van der Waals surface area contributed by atoms with Gasteiger partial charge < -0.3 is 5.11 Å². The Balaban J connectivity index is 2.04. The first kappa shape index (κ1) is 12.8. The zero-order valence-electron chi connectivity index (χ0n) is 10.9. The van der Waals surface area contributed by atoms with Crippen molar-refractivity contribution in [2.45, 2.75) is 32.8 Å². The first-order chi connectivity index (χ1) is 8.68. The summed E-state index contributed by atoms with van der Waals surface area (Å²) in [7, 11) is 0. The molecule has 0 radical (unpaired) electrons. The second-order valence-corrected chi connectivity index (χ2v) is 4.70. The largest absolute Gasteiger partial charge is 0.388 e. The molecule has 1 N–H and O–H groups in total. The molecule has 0 saturated heterocycles. The quantitative estimate of drug-likeness (QED) is 0.890. The summed E-state index contributed by atoms with van der Waals surface area (Å²) in [4.78, 5) is 3.99. The number of aliphatic hydroxyl groups excluding tert-OH is 1. The molecule has 0 bridgehead atoms. The fourth-order valence-corrected chi connectivity index (χ4v) is 2.14. The van der Waals surface area contributed by atoms with E-state index < -0.39 is 6.10 Å². The van der Waals surface area contributed by atoms with Gasteiger partial charge in [0, 0.05) is 12.4 Å². The molecular weight excluding hydrogens is 222 g/mol. The summed E-state index contributed by atoms with van der Waals surface area (Å²) in [6.07, 6.45) is 4.81. The van der Waals surface area contributed by atoms with Gasteiger partial charge in [-0.1, -0.05) is 18.2 Å². The first-order valence-corrected chi connectivity index (χ1v) is 6.31. The Morgan fingerprint density at radius 1 is 1.11 bits per heavy atom. The first-order valence-electron chi connectivity index (χ1n) is 6.31. The Morgan fingerprint density at radius 2 is 1.83 bits per heavy atom. The maximum absolute atomic E-state index is 10.3. The van der Waals surface area contributed by atoms with Gasteiger partial charge in [-0.25, -0.2) is 0 Å². The number of aryl methyl sites for hydroxylation is 2. The zero-order valence-corrected chi connectivity index (χ0v) is 10.9. The van der Waals surface area contributed by atoms with E-state index in [9.17, 15) is 5.11 Å². The van der Waals surface area contributed by atoms with Gasteiger partial charge in [-0.2, -0.15) is 0 Å². The molecule has 0 saturated carbocycles. The third kappa shape index (κ3) is 2.96. The van der Waals surface area contributed by atoms with Gasteiger partial charge in [0.05, 0.1) is 6.10 Å². The van der Waals surface area contributed by atoms with Crippen LogP contribution in [0, 0.1) is 13.8 Å². The molecule has 0 spiro atoms. The smallest absolute Gasteiger partial charge is 0.0795 e. The van der Waals surface area contributed by atoms with Crippen molar-refractivity contribution in [3.63, 3.8) is 0 Å². The summed E-state index contributed by atoms with van der Waals surface area (Å²) in [5.41, 5.74) is 4.69. The molecule has 1 atom stereocenters. The van der Waals surface area contributed by atoms with E-state index in [1.165, 1.54) is 16.7 Å². The van der Waals surface area contributed by atoms with E-state index >= 15 is 0 Å². The molecule has 2 rings (SSSR count). The fourth-order valence-electron chi connectivity index (χ4n) is 2.14. The molecule has 0 aliphatic rings. The number of pyridine rings is 1. The lowest BCUT2D eigenvalue weighted by Gasteiger charge is -2.15. The third-order valence-corrected chi connectivity index (χ3v) is 3.46. The van der Waals surface area contributed by atoms with E-state index in [1.807, 2.05) is 24.3 Å². The topological polar surface area (TPSA) is 33.1 Å². The molecule has 94 valence electrons. The average molecular weight is 241 g/mol. The second-order valence-electron chi connectivity index (χ2n) is 4.70. The highest BCUT2D eigenvalue weighted by Crippen LogP contribution is 2.24. The van der Waals surface area contributed by atoms with Gasteiger partial charge in [0.25, 0.3) is 0 Å². The van der Waals surface area contributed by atoms with E-state index in [4.69, 9.17) is 0 Å². The molecule has 0 fully saturated rings. The van der Waals surface area contributed by atoms with Gasteiger partial charge in [-0.05, 0) is 61.1 Å². The van der Waals surface area contributed by atoms with Crippen LogP contribution < -0.4 is 0 Å². The average Bonchev–Trinajstić information content (AvgIpc) is 2.40. The summed E-state index contributed by atoms with van der Waals surface area (Å²) in [6.45, 7) is 4.15. The summed E-state index contributed by atoms with van der Waals surface area (Å²) >= 11 is 0. The Hall–Kier alpha value is -1.67. The molecule has 2 nitrogen and oxygen atoms in total. The second kappa shape index (κ2) is 5.78. The minimum Gasteiger partial charge on any atom is -0.388 e. The van der Waals surface area contributed by atoms with Gasteiger partial charge in [-0.3, -0.25) is 4.98 Å². The van der Waals surface area contributed by atoms with Crippen molar-refractivity contribution >= 4 is 0 Å². The number of benzene rings is 1. The zero-order chi connectivity index (χ0) is 13.0. The summed E-state index contributed by atoms with van der Waals surface area (Å²) < 4.78 is 0. The number of nitrogens with zero attached hydrogens (tertiary/aromatic N) is 1. The Kier molecular flexibility index (Phi) is 4.11. The van der Waals surface area contributed by atoms with Crippen molar-refractivity contribution in [3.8, 4) is 0 Å². The maximum atomic E-state index is 10.3. The van der Waals surface area contributed by atoms with Crippen molar-refractivity contribution in [1.82, 2.24) is 4.98 Å². The predicted octanol–water partition coefficient (Wildman–Crippen LogP) is 3.36. The molecule has 0 aliphatic heterocycles. The van der Waals surface area contributed by atoms with Crippen LogP contribution in [0.5, 0.6) is 0 Å².